The van der Waals surface area contributed by atoms with Gasteiger partial charge in [-0.25, -0.2) is 0 Å². The lowest BCUT2D eigenvalue weighted by Crippen LogP contribution is -2.45. The van der Waals surface area contributed by atoms with Gasteiger partial charge in [0.1, 0.15) is 11.8 Å². The van der Waals surface area contributed by atoms with Crippen molar-refractivity contribution in [1.82, 2.24) is 10.2 Å². The minimum atomic E-state index is -0.725. The largest absolute Gasteiger partial charge is 0.496 e. The van der Waals surface area contributed by atoms with Gasteiger partial charge >= 0.3 is 0 Å². The summed E-state index contributed by atoms with van der Waals surface area (Å²) in [5.74, 6) is 0.0148. The number of ether oxygens (including phenoxy) is 1. The zero-order valence-corrected chi connectivity index (χ0v) is 16.3. The van der Waals surface area contributed by atoms with Gasteiger partial charge in [-0.1, -0.05) is 47.5 Å². The molecule has 7 heteroatoms. The molecular formula is C19H20Cl2N2O3. The minimum absolute atomic E-state index is 0.161. The molecule has 0 saturated heterocycles. The molecule has 0 aliphatic heterocycles. The molecule has 0 radical (unpaired) electrons. The van der Waals surface area contributed by atoms with Crippen molar-refractivity contribution in [2.24, 2.45) is 0 Å². The van der Waals surface area contributed by atoms with Crippen LogP contribution in [0.2, 0.25) is 10.0 Å². The lowest BCUT2D eigenvalue weighted by atomic mass is 10.1. The maximum absolute atomic E-state index is 12.6. The molecule has 5 nitrogen and oxygen atoms in total. The molecule has 138 valence electrons. The number of benzene rings is 2. The predicted octanol–water partition coefficient (Wildman–Crippen LogP) is 3.78. The molecule has 2 amide bonds. The Morgan fingerprint density at radius 2 is 1.85 bits per heavy atom. The van der Waals surface area contributed by atoms with E-state index in [9.17, 15) is 9.59 Å². The second-order valence-corrected chi connectivity index (χ2v) is 6.59. The van der Waals surface area contributed by atoms with Gasteiger partial charge in [0.2, 0.25) is 5.91 Å². The van der Waals surface area contributed by atoms with Gasteiger partial charge < -0.3 is 15.0 Å². The van der Waals surface area contributed by atoms with Gasteiger partial charge in [0, 0.05) is 19.2 Å². The maximum Gasteiger partial charge on any atom is 0.253 e. The fourth-order valence-electron chi connectivity index (χ4n) is 2.51. The summed E-state index contributed by atoms with van der Waals surface area (Å²) >= 11 is 12.0. The SMILES string of the molecule is COc1ccccc1CN(C)C(=O)C(C)NC(=O)c1cccc(Cl)c1Cl. The van der Waals surface area contributed by atoms with Crippen molar-refractivity contribution >= 4 is 35.0 Å². The van der Waals surface area contributed by atoms with Crippen LogP contribution in [-0.2, 0) is 11.3 Å². The summed E-state index contributed by atoms with van der Waals surface area (Å²) in [7, 11) is 3.25. The van der Waals surface area contributed by atoms with Crippen LogP contribution in [0.25, 0.3) is 0 Å². The monoisotopic (exact) mass is 394 g/mol. The molecular weight excluding hydrogens is 375 g/mol. The molecule has 0 saturated carbocycles. The number of carbonyl (C=O) groups excluding carboxylic acids is 2. The first-order valence-corrected chi connectivity index (χ1v) is 8.72. The fraction of sp³-hybridized carbons (Fsp3) is 0.263. The standard InChI is InChI=1S/C19H20Cl2N2O3/c1-12(22-18(24)14-8-6-9-15(20)17(14)21)19(25)23(2)11-13-7-4-5-10-16(13)26-3/h4-10,12H,11H2,1-3H3,(H,22,24). The van der Waals surface area contributed by atoms with Crippen LogP contribution in [-0.4, -0.2) is 36.9 Å². The van der Waals surface area contributed by atoms with E-state index in [1.54, 1.807) is 39.3 Å². The van der Waals surface area contributed by atoms with E-state index in [-0.39, 0.29) is 21.5 Å². The Balaban J connectivity index is 2.04. The molecule has 0 aliphatic rings. The summed E-state index contributed by atoms with van der Waals surface area (Å²) in [6.45, 7) is 1.98. The van der Waals surface area contributed by atoms with E-state index < -0.39 is 11.9 Å². The van der Waals surface area contributed by atoms with Crippen molar-refractivity contribution in [3.63, 3.8) is 0 Å². The first-order valence-electron chi connectivity index (χ1n) is 7.97. The first kappa shape index (κ1) is 20.1. The number of nitrogens with one attached hydrogen (secondary N) is 1. The van der Waals surface area contributed by atoms with Gasteiger partial charge in [-0.15, -0.1) is 0 Å². The number of rotatable bonds is 6. The second kappa shape index (κ2) is 8.92. The maximum atomic E-state index is 12.6. The van der Waals surface area contributed by atoms with Crippen molar-refractivity contribution in [2.75, 3.05) is 14.2 Å². The lowest BCUT2D eigenvalue weighted by molar-refractivity contribution is -0.132. The quantitative estimate of drug-likeness (QED) is 0.810. The zero-order valence-electron chi connectivity index (χ0n) is 14.8. The van der Waals surface area contributed by atoms with Crippen LogP contribution in [0, 0.1) is 0 Å². The number of halogens is 2. The normalized spacial score (nSPS) is 11.6. The Hall–Kier alpha value is -2.24. The number of likely N-dealkylation sites (N-methyl/N-ethyl adjacent to an activating group) is 1. The second-order valence-electron chi connectivity index (χ2n) is 5.80. The molecule has 26 heavy (non-hydrogen) atoms. The number of amides is 2. The number of carbonyl (C=O) groups is 2. The Morgan fingerprint density at radius 3 is 2.54 bits per heavy atom. The lowest BCUT2D eigenvalue weighted by Gasteiger charge is -2.23. The van der Waals surface area contributed by atoms with E-state index in [0.29, 0.717) is 12.3 Å². The highest BCUT2D eigenvalue weighted by molar-refractivity contribution is 6.43. The van der Waals surface area contributed by atoms with E-state index >= 15 is 0 Å². The summed E-state index contributed by atoms with van der Waals surface area (Å²) in [4.78, 5) is 26.5. The van der Waals surface area contributed by atoms with Crippen LogP contribution >= 0.6 is 23.2 Å². The molecule has 0 bridgehead atoms. The smallest absolute Gasteiger partial charge is 0.253 e. The van der Waals surface area contributed by atoms with Crippen LogP contribution in [0.4, 0.5) is 0 Å². The average Bonchev–Trinajstić information content (AvgIpc) is 2.63. The number of methoxy groups -OCH3 is 1. The molecule has 2 aromatic rings. The van der Waals surface area contributed by atoms with Crippen LogP contribution in [0.3, 0.4) is 0 Å². The van der Waals surface area contributed by atoms with Crippen molar-refractivity contribution in [3.05, 3.63) is 63.6 Å². The van der Waals surface area contributed by atoms with E-state index in [4.69, 9.17) is 27.9 Å². The summed E-state index contributed by atoms with van der Waals surface area (Å²) < 4.78 is 5.30. The Kier molecular flexibility index (Phi) is 6.89. The molecule has 0 aliphatic carbocycles. The van der Waals surface area contributed by atoms with Gasteiger partial charge in [-0.05, 0) is 25.1 Å². The molecule has 0 heterocycles. The highest BCUT2D eigenvalue weighted by Gasteiger charge is 2.22. The highest BCUT2D eigenvalue weighted by Crippen LogP contribution is 2.25. The van der Waals surface area contributed by atoms with Crippen LogP contribution in [0.1, 0.15) is 22.8 Å². The third-order valence-electron chi connectivity index (χ3n) is 3.89. The molecule has 1 N–H and O–H groups in total. The minimum Gasteiger partial charge on any atom is -0.496 e. The van der Waals surface area contributed by atoms with Crippen molar-refractivity contribution in [2.45, 2.75) is 19.5 Å². The van der Waals surface area contributed by atoms with Crippen molar-refractivity contribution in [3.8, 4) is 5.75 Å². The predicted molar refractivity (Wildman–Crippen MR) is 103 cm³/mol. The van der Waals surface area contributed by atoms with Gasteiger partial charge in [-0.3, -0.25) is 9.59 Å². The Bertz CT molecular complexity index is 811. The van der Waals surface area contributed by atoms with Gasteiger partial charge in [0.25, 0.3) is 5.91 Å². The summed E-state index contributed by atoms with van der Waals surface area (Å²) in [6.07, 6.45) is 0. The van der Waals surface area contributed by atoms with Gasteiger partial charge in [0.15, 0.2) is 0 Å². The molecule has 1 atom stereocenters. The van der Waals surface area contributed by atoms with Crippen molar-refractivity contribution in [1.29, 1.82) is 0 Å². The molecule has 2 rings (SSSR count). The number of hydrogen-bond donors (Lipinski definition) is 1. The van der Waals surface area contributed by atoms with E-state index in [0.717, 1.165) is 5.56 Å². The van der Waals surface area contributed by atoms with E-state index in [1.165, 1.54) is 4.90 Å². The van der Waals surface area contributed by atoms with Crippen LogP contribution < -0.4 is 10.1 Å². The molecule has 0 fully saturated rings. The first-order chi connectivity index (χ1) is 12.3. The topological polar surface area (TPSA) is 58.6 Å². The Morgan fingerprint density at radius 1 is 1.15 bits per heavy atom. The zero-order chi connectivity index (χ0) is 19.3. The van der Waals surface area contributed by atoms with Gasteiger partial charge in [0.05, 0.1) is 22.7 Å². The summed E-state index contributed by atoms with van der Waals surface area (Å²) in [5.41, 5.74) is 1.11. The molecule has 0 aromatic heterocycles. The van der Waals surface area contributed by atoms with Crippen LogP contribution in [0.15, 0.2) is 42.5 Å². The van der Waals surface area contributed by atoms with Crippen molar-refractivity contribution < 1.29 is 14.3 Å². The molecule has 0 spiro atoms. The number of hydrogen-bond acceptors (Lipinski definition) is 3. The molecule has 2 aromatic carbocycles. The van der Waals surface area contributed by atoms with E-state index in [2.05, 4.69) is 5.32 Å². The fourth-order valence-corrected chi connectivity index (χ4v) is 2.90. The van der Waals surface area contributed by atoms with Gasteiger partial charge in [-0.2, -0.15) is 0 Å². The third-order valence-corrected chi connectivity index (χ3v) is 4.71. The molecule has 1 unspecified atom stereocenters. The summed E-state index contributed by atoms with van der Waals surface area (Å²) in [5, 5.41) is 3.10. The number of para-hydroxylation sites is 1. The third kappa shape index (κ3) is 4.68. The highest BCUT2D eigenvalue weighted by atomic mass is 35.5. The Labute approximate surface area is 162 Å². The average molecular weight is 395 g/mol. The van der Waals surface area contributed by atoms with E-state index in [1.807, 2.05) is 24.3 Å². The number of nitrogens with zero attached hydrogens (tertiary/aromatic N) is 1. The van der Waals surface area contributed by atoms with Crippen LogP contribution in [0.5, 0.6) is 5.75 Å². The summed E-state index contributed by atoms with van der Waals surface area (Å²) in [6, 6.07) is 11.5.